The fourth-order valence-electron chi connectivity index (χ4n) is 4.28. The van der Waals surface area contributed by atoms with Gasteiger partial charge >= 0.3 is 0 Å². The van der Waals surface area contributed by atoms with Crippen LogP contribution >= 0.6 is 0 Å². The molecule has 5 rings (SSSR count). The molecule has 0 saturated carbocycles. The van der Waals surface area contributed by atoms with Crippen molar-refractivity contribution in [2.75, 3.05) is 32.1 Å². The van der Waals surface area contributed by atoms with E-state index in [-0.39, 0.29) is 35.6 Å². The molecule has 11 heteroatoms. The van der Waals surface area contributed by atoms with Crippen molar-refractivity contribution in [3.63, 3.8) is 0 Å². The molecule has 1 aromatic heterocycles. The number of ether oxygens (including phenoxy) is 1. The van der Waals surface area contributed by atoms with Gasteiger partial charge in [0.05, 0.1) is 48.7 Å². The maximum absolute atomic E-state index is 13.3. The summed E-state index contributed by atoms with van der Waals surface area (Å²) in [7, 11) is -3.45. The van der Waals surface area contributed by atoms with Crippen molar-refractivity contribution in [1.82, 2.24) is 24.8 Å². The standard InChI is InChI=1S/C24H25N5O5S/c30-23-8-11-34-12-9-27(23)16-20-17-29(26-25-20)21-6-3-5-18(14-21)24(31)28-10-13-35(32,33)22-7-2-1-4-19(22)15-28/h1-7,14,17H,8-13,15-16H2. The third kappa shape index (κ3) is 4.96. The lowest BCUT2D eigenvalue weighted by molar-refractivity contribution is -0.131. The minimum Gasteiger partial charge on any atom is -0.379 e. The van der Waals surface area contributed by atoms with Gasteiger partial charge in [-0.15, -0.1) is 5.10 Å². The highest BCUT2D eigenvalue weighted by atomic mass is 32.2. The van der Waals surface area contributed by atoms with Crippen molar-refractivity contribution < 1.29 is 22.7 Å². The van der Waals surface area contributed by atoms with E-state index in [1.54, 1.807) is 63.1 Å². The smallest absolute Gasteiger partial charge is 0.254 e. The van der Waals surface area contributed by atoms with Crippen molar-refractivity contribution in [3.8, 4) is 5.69 Å². The number of carbonyl (C=O) groups excluding carboxylic acids is 2. The van der Waals surface area contributed by atoms with E-state index in [1.807, 2.05) is 6.07 Å². The molecule has 35 heavy (non-hydrogen) atoms. The summed E-state index contributed by atoms with van der Waals surface area (Å²) >= 11 is 0. The Morgan fingerprint density at radius 2 is 1.91 bits per heavy atom. The van der Waals surface area contributed by atoms with Crippen LogP contribution in [0.4, 0.5) is 0 Å². The molecule has 2 aliphatic rings. The second kappa shape index (κ2) is 9.59. The molecule has 1 fully saturated rings. The van der Waals surface area contributed by atoms with Crippen LogP contribution in [0.25, 0.3) is 5.69 Å². The lowest BCUT2D eigenvalue weighted by atomic mass is 10.1. The number of sulfone groups is 1. The van der Waals surface area contributed by atoms with Gasteiger partial charge in [0, 0.05) is 25.2 Å². The fraction of sp³-hybridized carbons (Fsp3) is 0.333. The summed E-state index contributed by atoms with van der Waals surface area (Å²) in [6.45, 7) is 2.09. The Labute approximate surface area is 203 Å². The Morgan fingerprint density at radius 3 is 2.80 bits per heavy atom. The van der Waals surface area contributed by atoms with Crippen LogP contribution in [0.2, 0.25) is 0 Å². The van der Waals surface area contributed by atoms with Crippen molar-refractivity contribution in [2.45, 2.75) is 24.4 Å². The van der Waals surface area contributed by atoms with Crippen molar-refractivity contribution in [3.05, 3.63) is 71.5 Å². The van der Waals surface area contributed by atoms with Gasteiger partial charge in [0.15, 0.2) is 9.84 Å². The molecule has 2 aliphatic heterocycles. The van der Waals surface area contributed by atoms with Crippen molar-refractivity contribution in [2.24, 2.45) is 0 Å². The Bertz CT molecular complexity index is 1370. The number of fused-ring (bicyclic) bond motifs is 1. The zero-order valence-corrected chi connectivity index (χ0v) is 19.9. The van der Waals surface area contributed by atoms with Crippen LogP contribution in [0.5, 0.6) is 0 Å². The summed E-state index contributed by atoms with van der Waals surface area (Å²) < 4.78 is 32.2. The summed E-state index contributed by atoms with van der Waals surface area (Å²) in [4.78, 5) is 29.1. The van der Waals surface area contributed by atoms with Crippen molar-refractivity contribution >= 4 is 21.7 Å². The van der Waals surface area contributed by atoms with Crippen molar-refractivity contribution in [1.29, 1.82) is 0 Å². The van der Waals surface area contributed by atoms with Gasteiger partial charge in [0.25, 0.3) is 5.91 Å². The maximum Gasteiger partial charge on any atom is 0.254 e. The zero-order valence-electron chi connectivity index (χ0n) is 19.0. The van der Waals surface area contributed by atoms with Crippen LogP contribution in [0.3, 0.4) is 0 Å². The molecule has 0 radical (unpaired) electrons. The molecule has 10 nitrogen and oxygen atoms in total. The quantitative estimate of drug-likeness (QED) is 0.538. The molecule has 3 aromatic rings. The molecular formula is C24H25N5O5S. The highest BCUT2D eigenvalue weighted by Crippen LogP contribution is 2.24. The first kappa shape index (κ1) is 23.2. The van der Waals surface area contributed by atoms with Gasteiger partial charge in [-0.05, 0) is 29.8 Å². The van der Waals surface area contributed by atoms with E-state index in [2.05, 4.69) is 10.3 Å². The molecular weight excluding hydrogens is 470 g/mol. The monoisotopic (exact) mass is 495 g/mol. The predicted molar refractivity (Wildman–Crippen MR) is 125 cm³/mol. The Kier molecular flexibility index (Phi) is 6.35. The van der Waals surface area contributed by atoms with Crippen LogP contribution in [-0.4, -0.2) is 77.1 Å². The number of benzene rings is 2. The fourth-order valence-corrected chi connectivity index (χ4v) is 5.78. The van der Waals surface area contributed by atoms with Crippen LogP contribution in [-0.2, 0) is 32.5 Å². The van der Waals surface area contributed by atoms with Crippen LogP contribution in [0, 0.1) is 0 Å². The largest absolute Gasteiger partial charge is 0.379 e. The van der Waals surface area contributed by atoms with Crippen LogP contribution in [0.1, 0.15) is 28.0 Å². The first-order valence-electron chi connectivity index (χ1n) is 11.4. The molecule has 0 aliphatic carbocycles. The molecule has 0 unspecified atom stereocenters. The Hall–Kier alpha value is -3.57. The van der Waals surface area contributed by atoms with Gasteiger partial charge in [-0.3, -0.25) is 9.59 Å². The predicted octanol–water partition coefficient (Wildman–Crippen LogP) is 1.45. The molecule has 182 valence electrons. The average Bonchev–Trinajstić information content (AvgIpc) is 3.18. The van der Waals surface area contributed by atoms with Gasteiger partial charge in [-0.25, -0.2) is 13.1 Å². The molecule has 0 atom stereocenters. The number of rotatable bonds is 4. The van der Waals surface area contributed by atoms with Gasteiger partial charge in [-0.1, -0.05) is 29.5 Å². The second-order valence-electron chi connectivity index (χ2n) is 8.54. The van der Waals surface area contributed by atoms with Gasteiger partial charge in [-0.2, -0.15) is 0 Å². The van der Waals surface area contributed by atoms with Gasteiger partial charge in [0.2, 0.25) is 5.91 Å². The molecule has 0 N–H and O–H groups in total. The summed E-state index contributed by atoms with van der Waals surface area (Å²) in [6, 6.07) is 13.8. The molecule has 0 spiro atoms. The number of carbonyl (C=O) groups is 2. The Balaban J connectivity index is 1.34. The number of aromatic nitrogens is 3. The van der Waals surface area contributed by atoms with Crippen LogP contribution in [0.15, 0.2) is 59.6 Å². The zero-order chi connectivity index (χ0) is 24.4. The topological polar surface area (TPSA) is 115 Å². The molecule has 1 saturated heterocycles. The minimum absolute atomic E-state index is 0.0191. The molecule has 0 bridgehead atoms. The van der Waals surface area contributed by atoms with E-state index in [1.165, 1.54) is 0 Å². The minimum atomic E-state index is -3.45. The summed E-state index contributed by atoms with van der Waals surface area (Å²) in [5.74, 6) is -0.359. The van der Waals surface area contributed by atoms with E-state index in [0.29, 0.717) is 55.2 Å². The molecule has 2 amide bonds. The SMILES string of the molecule is O=C1CCOCCN1Cc1cn(-c2cccc(C(=O)N3CCS(=O)(=O)c4ccccc4C3)c2)nn1. The summed E-state index contributed by atoms with van der Waals surface area (Å²) in [5.41, 5.74) is 2.31. The van der Waals surface area contributed by atoms with Crippen LogP contribution < -0.4 is 0 Å². The Morgan fingerprint density at radius 1 is 1.06 bits per heavy atom. The van der Waals surface area contributed by atoms with Gasteiger partial charge in [0.1, 0.15) is 5.69 Å². The molecule has 3 heterocycles. The van der Waals surface area contributed by atoms with E-state index < -0.39 is 9.84 Å². The first-order chi connectivity index (χ1) is 16.9. The average molecular weight is 496 g/mol. The lowest BCUT2D eigenvalue weighted by Crippen LogP contribution is -2.32. The highest BCUT2D eigenvalue weighted by molar-refractivity contribution is 7.91. The van der Waals surface area contributed by atoms with E-state index in [0.717, 1.165) is 0 Å². The van der Waals surface area contributed by atoms with E-state index in [4.69, 9.17) is 4.74 Å². The summed E-state index contributed by atoms with van der Waals surface area (Å²) in [5, 5.41) is 8.36. The maximum atomic E-state index is 13.3. The highest BCUT2D eigenvalue weighted by Gasteiger charge is 2.28. The number of hydrogen-bond acceptors (Lipinski definition) is 7. The van der Waals surface area contributed by atoms with Gasteiger partial charge < -0.3 is 14.5 Å². The second-order valence-corrected chi connectivity index (χ2v) is 10.6. The van der Waals surface area contributed by atoms with E-state index in [9.17, 15) is 18.0 Å². The normalized spacial score (nSPS) is 18.0. The lowest BCUT2D eigenvalue weighted by Gasteiger charge is -2.20. The summed E-state index contributed by atoms with van der Waals surface area (Å²) in [6.07, 6.45) is 2.08. The van der Waals surface area contributed by atoms with E-state index >= 15 is 0 Å². The number of amides is 2. The third-order valence-electron chi connectivity index (χ3n) is 6.16. The number of nitrogens with zero attached hydrogens (tertiary/aromatic N) is 5. The first-order valence-corrected chi connectivity index (χ1v) is 13.0. The molecule has 2 aromatic carbocycles. The number of hydrogen-bond donors (Lipinski definition) is 0. The third-order valence-corrected chi connectivity index (χ3v) is 7.94.